The van der Waals surface area contributed by atoms with Crippen molar-refractivity contribution in [3.63, 3.8) is 0 Å². The summed E-state index contributed by atoms with van der Waals surface area (Å²) in [6.07, 6.45) is 0.814. The Morgan fingerprint density at radius 1 is 1.23 bits per heavy atom. The topological polar surface area (TPSA) is 54.1 Å². The first kappa shape index (κ1) is 7.79. The molecule has 1 aliphatic heterocycles. The number of rotatable bonds is 2. The van der Waals surface area contributed by atoms with Crippen molar-refractivity contribution in [1.82, 2.24) is 0 Å². The lowest BCUT2D eigenvalue weighted by molar-refractivity contribution is 0.112. The van der Waals surface area contributed by atoms with Crippen molar-refractivity contribution in [3.8, 4) is 0 Å². The third-order valence-electron chi connectivity index (χ3n) is 1.83. The molecular formula is C9H7N3O. The summed E-state index contributed by atoms with van der Waals surface area (Å²) in [6, 6.07) is 7.20. The van der Waals surface area contributed by atoms with Gasteiger partial charge >= 0.3 is 0 Å². The molecule has 0 saturated carbocycles. The largest absolute Gasteiger partial charge is 0.298 e. The molecule has 0 N–H and O–H groups in total. The average Bonchev–Trinajstić information content (AvgIpc) is 2.71. The van der Waals surface area contributed by atoms with Gasteiger partial charge in [0.2, 0.25) is 0 Å². The van der Waals surface area contributed by atoms with E-state index in [1.54, 1.807) is 12.1 Å². The van der Waals surface area contributed by atoms with Crippen molar-refractivity contribution in [2.75, 3.05) is 6.54 Å². The average molecular weight is 173 g/mol. The lowest BCUT2D eigenvalue weighted by Crippen LogP contribution is -2.01. The van der Waals surface area contributed by atoms with Crippen LogP contribution < -0.4 is 0 Å². The number of benzene rings is 1. The quantitative estimate of drug-likeness (QED) is 0.627. The zero-order chi connectivity index (χ0) is 9.10. The van der Waals surface area contributed by atoms with Crippen LogP contribution in [0.3, 0.4) is 0 Å². The highest BCUT2D eigenvalue weighted by Crippen LogP contribution is 2.08. The highest BCUT2D eigenvalue weighted by molar-refractivity contribution is 6.02. The number of carbonyl (C=O) groups excluding carboxylic acids is 1. The van der Waals surface area contributed by atoms with Crippen LogP contribution in [0.25, 0.3) is 0 Å². The predicted molar refractivity (Wildman–Crippen MR) is 48.1 cm³/mol. The highest BCUT2D eigenvalue weighted by atomic mass is 16.1. The molecule has 0 atom stereocenters. The number of hydrogen-bond donors (Lipinski definition) is 0. The normalized spacial score (nSPS) is 14.3. The molecule has 0 bridgehead atoms. The second-order valence-corrected chi connectivity index (χ2v) is 2.68. The number of nitrogens with zero attached hydrogens (tertiary/aromatic N) is 3. The summed E-state index contributed by atoms with van der Waals surface area (Å²) in [6.45, 7) is 0.528. The molecule has 1 aliphatic rings. The Labute approximate surface area is 75.0 Å². The van der Waals surface area contributed by atoms with E-state index >= 15 is 0 Å². The Kier molecular flexibility index (Phi) is 1.96. The Balaban J connectivity index is 2.28. The van der Waals surface area contributed by atoms with E-state index in [9.17, 15) is 4.79 Å². The maximum absolute atomic E-state index is 10.4. The van der Waals surface area contributed by atoms with E-state index in [-0.39, 0.29) is 0 Å². The Bertz CT molecular complexity index is 378. The molecule has 0 unspecified atom stereocenters. The molecule has 0 saturated heterocycles. The van der Waals surface area contributed by atoms with Gasteiger partial charge in [0.1, 0.15) is 12.8 Å². The van der Waals surface area contributed by atoms with E-state index < -0.39 is 0 Å². The molecule has 1 heterocycles. The molecular weight excluding hydrogens is 166 g/mol. The first-order valence-electron chi connectivity index (χ1n) is 3.89. The van der Waals surface area contributed by atoms with Crippen LogP contribution in [0.5, 0.6) is 0 Å². The first-order chi connectivity index (χ1) is 6.40. The van der Waals surface area contributed by atoms with Gasteiger partial charge in [0, 0.05) is 5.56 Å². The molecule has 0 aromatic heterocycles. The highest BCUT2D eigenvalue weighted by Gasteiger charge is 2.06. The van der Waals surface area contributed by atoms with E-state index in [0.29, 0.717) is 12.1 Å². The number of aldehydes is 1. The fraction of sp³-hybridized carbons (Fsp3) is 0.111. The summed E-state index contributed by atoms with van der Waals surface area (Å²) in [5, 5.41) is 11.1. The third-order valence-corrected chi connectivity index (χ3v) is 1.83. The van der Waals surface area contributed by atoms with E-state index in [0.717, 1.165) is 17.6 Å². The maximum Gasteiger partial charge on any atom is 0.150 e. The molecule has 1 aromatic carbocycles. The molecule has 1 aromatic rings. The smallest absolute Gasteiger partial charge is 0.150 e. The summed E-state index contributed by atoms with van der Waals surface area (Å²) >= 11 is 0. The van der Waals surface area contributed by atoms with Crippen LogP contribution in [-0.4, -0.2) is 18.5 Å². The van der Waals surface area contributed by atoms with Gasteiger partial charge in [0.25, 0.3) is 0 Å². The molecule has 64 valence electrons. The van der Waals surface area contributed by atoms with Gasteiger partial charge in [0.15, 0.2) is 0 Å². The van der Waals surface area contributed by atoms with Gasteiger partial charge < -0.3 is 0 Å². The molecule has 0 aliphatic carbocycles. The van der Waals surface area contributed by atoms with E-state index in [1.807, 2.05) is 12.1 Å². The molecule has 4 heteroatoms. The van der Waals surface area contributed by atoms with Crippen LogP contribution in [-0.2, 0) is 0 Å². The molecule has 4 nitrogen and oxygen atoms in total. The van der Waals surface area contributed by atoms with Crippen molar-refractivity contribution >= 4 is 12.0 Å². The monoisotopic (exact) mass is 173 g/mol. The fourth-order valence-corrected chi connectivity index (χ4v) is 1.12. The van der Waals surface area contributed by atoms with Gasteiger partial charge in [-0.3, -0.25) is 4.79 Å². The van der Waals surface area contributed by atoms with Crippen molar-refractivity contribution in [2.24, 2.45) is 15.4 Å². The van der Waals surface area contributed by atoms with Crippen molar-refractivity contribution in [1.29, 1.82) is 0 Å². The number of hydrogen-bond acceptors (Lipinski definition) is 4. The van der Waals surface area contributed by atoms with Crippen LogP contribution in [0.4, 0.5) is 0 Å². The maximum atomic E-state index is 10.4. The van der Waals surface area contributed by atoms with Crippen LogP contribution in [0.15, 0.2) is 39.7 Å². The van der Waals surface area contributed by atoms with Crippen LogP contribution in [0.1, 0.15) is 15.9 Å². The molecule has 0 amide bonds. The van der Waals surface area contributed by atoms with Crippen LogP contribution in [0.2, 0.25) is 0 Å². The van der Waals surface area contributed by atoms with Crippen LogP contribution >= 0.6 is 0 Å². The van der Waals surface area contributed by atoms with Gasteiger partial charge in [-0.1, -0.05) is 24.3 Å². The number of carbonyl (C=O) groups is 1. The van der Waals surface area contributed by atoms with Gasteiger partial charge in [-0.15, -0.1) is 5.10 Å². The first-order valence-corrected chi connectivity index (χ1v) is 3.89. The fourth-order valence-electron chi connectivity index (χ4n) is 1.12. The van der Waals surface area contributed by atoms with E-state index in [2.05, 4.69) is 15.4 Å². The van der Waals surface area contributed by atoms with Crippen molar-refractivity contribution in [2.45, 2.75) is 0 Å². The summed E-state index contributed by atoms with van der Waals surface area (Å²) in [4.78, 5) is 10.4. The van der Waals surface area contributed by atoms with E-state index in [4.69, 9.17) is 0 Å². The molecule has 13 heavy (non-hydrogen) atoms. The Morgan fingerprint density at radius 2 is 2.00 bits per heavy atom. The van der Waals surface area contributed by atoms with Gasteiger partial charge in [0.05, 0.1) is 5.71 Å². The summed E-state index contributed by atoms with van der Waals surface area (Å²) < 4.78 is 0. The minimum absolute atomic E-state index is 0.528. The van der Waals surface area contributed by atoms with Gasteiger partial charge in [-0.2, -0.15) is 5.11 Å². The predicted octanol–water partition coefficient (Wildman–Crippen LogP) is 1.67. The van der Waals surface area contributed by atoms with Crippen LogP contribution in [0, 0.1) is 0 Å². The Hall–Kier alpha value is -1.84. The summed E-state index contributed by atoms with van der Waals surface area (Å²) in [7, 11) is 0. The zero-order valence-corrected chi connectivity index (χ0v) is 6.84. The minimum atomic E-state index is 0.528. The standard InChI is InChI=1S/C9H7N3O/c13-6-7-1-3-8(4-2-7)9-5-10-12-11-9/h1-4,6H,5H2. The molecule has 0 spiro atoms. The SMILES string of the molecule is O=Cc1ccc(C2=NN=NC2)cc1. The molecule has 2 rings (SSSR count). The second kappa shape index (κ2) is 3.26. The van der Waals surface area contributed by atoms with Gasteiger partial charge in [-0.25, -0.2) is 0 Å². The van der Waals surface area contributed by atoms with Gasteiger partial charge in [-0.05, 0) is 10.8 Å². The summed E-state index contributed by atoms with van der Waals surface area (Å²) in [5.74, 6) is 0. The molecule has 0 fully saturated rings. The van der Waals surface area contributed by atoms with Crippen molar-refractivity contribution < 1.29 is 4.79 Å². The second-order valence-electron chi connectivity index (χ2n) is 2.68. The summed E-state index contributed by atoms with van der Waals surface area (Å²) in [5.41, 5.74) is 2.48. The van der Waals surface area contributed by atoms with Crippen molar-refractivity contribution in [3.05, 3.63) is 35.4 Å². The third kappa shape index (κ3) is 1.51. The minimum Gasteiger partial charge on any atom is -0.298 e. The molecule has 0 radical (unpaired) electrons. The Morgan fingerprint density at radius 3 is 2.54 bits per heavy atom. The lowest BCUT2D eigenvalue weighted by atomic mass is 10.1. The lowest BCUT2D eigenvalue weighted by Gasteiger charge is -1.97. The zero-order valence-electron chi connectivity index (χ0n) is 6.84. The van der Waals surface area contributed by atoms with E-state index in [1.165, 1.54) is 0 Å².